The van der Waals surface area contributed by atoms with Gasteiger partial charge in [-0.3, -0.25) is 57.5 Å². The molecule has 5 rings (SSSR count). The van der Waals surface area contributed by atoms with Crippen LogP contribution < -0.4 is 64.6 Å². The zero-order chi connectivity index (χ0) is 88.2. The lowest BCUT2D eigenvalue weighted by Gasteiger charge is -2.30. The molecule has 0 bridgehead atoms. The van der Waals surface area contributed by atoms with Crippen molar-refractivity contribution in [1.82, 2.24) is 63.1 Å². The number of hydrogen-bond donors (Lipinski definition) is 15. The van der Waals surface area contributed by atoms with Crippen LogP contribution in [-0.4, -0.2) is 202 Å². The van der Waals surface area contributed by atoms with E-state index in [1.54, 1.807) is 101 Å². The molecule has 4 aromatic rings. The van der Waals surface area contributed by atoms with Crippen LogP contribution in [0.5, 0.6) is 5.75 Å². The molecule has 0 aliphatic carbocycles. The Morgan fingerprint density at radius 1 is 0.622 bits per heavy atom. The number of allylic oxidation sites excluding steroid dienone is 5. The van der Waals surface area contributed by atoms with Gasteiger partial charge in [-0.05, 0) is 157 Å². The number of nitrogens with zero attached hydrogens (tertiary/aromatic N) is 1. The van der Waals surface area contributed by atoms with Crippen molar-refractivity contribution in [1.29, 1.82) is 0 Å². The number of para-hydroxylation sites is 1. The number of benzene rings is 3. The molecule has 654 valence electrons. The Balaban J connectivity index is 1.31. The summed E-state index contributed by atoms with van der Waals surface area (Å²) in [6.45, 7) is 24.1. The van der Waals surface area contributed by atoms with Crippen LogP contribution in [0.4, 0.5) is 0 Å². The first-order valence-electron chi connectivity index (χ1n) is 41.4. The molecule has 13 atom stereocenters. The average molecular weight is 1670 g/mol. The van der Waals surface area contributed by atoms with Gasteiger partial charge in [0.2, 0.25) is 65.0 Å². The number of aliphatic carboxylic acids is 1. The molecule has 0 unspecified atom stereocenters. The van der Waals surface area contributed by atoms with Crippen molar-refractivity contribution in [3.63, 3.8) is 0 Å². The van der Waals surface area contributed by atoms with E-state index in [2.05, 4.69) is 118 Å². The van der Waals surface area contributed by atoms with E-state index in [1.165, 1.54) is 54.6 Å². The zero-order valence-corrected chi connectivity index (χ0v) is 72.5. The van der Waals surface area contributed by atoms with Gasteiger partial charge in [0.25, 0.3) is 0 Å². The fraction of sp³-hybridized carbons (Fsp3) is 0.557. The SMILES string of the molecule is CC[C@H](C)[C@H](NC(=O)[C@@H](NC(=O)[C@@H](N)Cc1ccc(O)cc1)[C@@H](C)CC)C(=O)N[C@@H](CCCCN)C(=O)NCC(=O)N[C@H](C(=O)N[C@@H](Cc1ccccc1)C(=O)N[C@@H](Cc1c[nH]c2ccccc12)C(=O)N[C@@H](CC(=O)O)C(=O)N1CCC[C@H]1C(=O)N[C@@H](C)C(=O)N[C@@H](CSC/C=C(/CC/C=C(\C)CCC=C(C)C)C(C)(C)C)C(=O)OC)C(C)C. The topological polar surface area (TPSA) is 463 Å². The summed E-state index contributed by atoms with van der Waals surface area (Å²) >= 11 is 1.43. The number of aromatic hydroxyl groups is 1. The number of rotatable bonds is 49. The van der Waals surface area contributed by atoms with Crippen molar-refractivity contribution in [2.24, 2.45) is 34.6 Å². The second kappa shape index (κ2) is 49.9. The van der Waals surface area contributed by atoms with Crippen molar-refractivity contribution in [3.05, 3.63) is 137 Å². The number of fused-ring (bicyclic) bond motifs is 1. The standard InChI is InChI=1S/C88H130N14O16S/c1-15-55(8)75(101-85(115)76(56(9)16-2)100-78(108)64(90)45-59-37-39-62(103)40-38-59)84(114)94-66(35-22-23-42-89)79(109)92-50-72(104)99-74(53(5)6)83(113)96-67(46-58-30-18-17-19-31-58)80(110)95-68(47-60-49-91-65-34-21-20-33-63(60)65)81(111)97-69(48-73(105)106)86(116)102-43-26-36-71(102)82(112)93-57(10)77(107)98-70(87(117)118-14)51-119-44-41-61(88(11,12)13)32-25-29-54(7)28-24-27-52(3)4/h17-21,27,29-31,33-34,37-41,49,53,55-57,64,66-71,74-76,91,103H,15-16,22-26,28,32,35-36,42-48,50-51,89-90H2,1-14H3,(H,92,109)(H,93,112)(H,94,114)(H,95,110)(H,96,113)(H,97,111)(H,98,107)(H,99,104)(H,100,108)(H,101,115)(H,105,106)/b54-29+,61-41-/t55-,56-,57-,64-,66-,67-,68-,69-,70-,71-,74-,75-,76-/m0/s1. The number of thioether (sulfide) groups is 1. The van der Waals surface area contributed by atoms with E-state index in [9.17, 15) is 63.0 Å². The first kappa shape index (κ1) is 99.2. The van der Waals surface area contributed by atoms with E-state index in [0.29, 0.717) is 59.0 Å². The van der Waals surface area contributed by atoms with Gasteiger partial charge in [0, 0.05) is 48.0 Å². The predicted molar refractivity (Wildman–Crippen MR) is 460 cm³/mol. The number of H-pyrrole nitrogens is 1. The largest absolute Gasteiger partial charge is 0.508 e. The normalized spacial score (nSPS) is 16.1. The minimum Gasteiger partial charge on any atom is -0.508 e. The molecule has 11 amide bonds. The van der Waals surface area contributed by atoms with E-state index in [4.69, 9.17) is 16.2 Å². The summed E-state index contributed by atoms with van der Waals surface area (Å²) in [5.41, 5.74) is 18.3. The van der Waals surface area contributed by atoms with Crippen LogP contribution in [0.25, 0.3) is 10.9 Å². The summed E-state index contributed by atoms with van der Waals surface area (Å²) in [7, 11) is 1.21. The maximum Gasteiger partial charge on any atom is 0.329 e. The number of carbonyl (C=O) groups is 13. The number of aromatic amines is 1. The van der Waals surface area contributed by atoms with Gasteiger partial charge < -0.3 is 89.5 Å². The van der Waals surface area contributed by atoms with Crippen LogP contribution >= 0.6 is 11.8 Å². The maximum absolute atomic E-state index is 15.1. The number of carbonyl (C=O) groups excluding carboxylic acids is 12. The molecule has 119 heavy (non-hydrogen) atoms. The summed E-state index contributed by atoms with van der Waals surface area (Å²) < 4.78 is 5.06. The monoisotopic (exact) mass is 1670 g/mol. The number of aromatic nitrogens is 1. The highest BCUT2D eigenvalue weighted by atomic mass is 32.2. The molecule has 0 saturated carbocycles. The maximum atomic E-state index is 15.1. The number of phenols is 1. The molecule has 1 fully saturated rings. The number of carboxylic acids is 1. The van der Waals surface area contributed by atoms with Gasteiger partial charge in [0.05, 0.1) is 26.1 Å². The molecule has 17 N–H and O–H groups in total. The lowest BCUT2D eigenvalue weighted by atomic mass is 9.83. The summed E-state index contributed by atoms with van der Waals surface area (Å²) in [4.78, 5) is 188. The average Bonchev–Trinajstić information content (AvgIpc) is 1.73. The summed E-state index contributed by atoms with van der Waals surface area (Å²) in [5, 5.41) is 47.7. The number of phenolic OH excluding ortho intramolecular Hbond substituents is 1. The second-order valence-corrected chi connectivity index (χ2v) is 33.6. The minimum absolute atomic E-state index is 0.0410. The van der Waals surface area contributed by atoms with E-state index in [1.807, 2.05) is 13.8 Å². The third-order valence-corrected chi connectivity index (χ3v) is 22.3. The quantitative estimate of drug-likeness (QED) is 0.0129. The van der Waals surface area contributed by atoms with Gasteiger partial charge in [-0.1, -0.05) is 171 Å². The highest BCUT2D eigenvalue weighted by Gasteiger charge is 2.42. The lowest BCUT2D eigenvalue weighted by molar-refractivity contribution is -0.146. The number of unbranched alkanes of at least 4 members (excludes halogenated alkanes) is 1. The third-order valence-electron chi connectivity index (χ3n) is 21.3. The van der Waals surface area contributed by atoms with Crippen LogP contribution in [0.1, 0.15) is 184 Å². The Morgan fingerprint density at radius 2 is 1.19 bits per heavy atom. The van der Waals surface area contributed by atoms with Crippen LogP contribution in [0.2, 0.25) is 0 Å². The minimum atomic E-state index is -1.82. The first-order valence-corrected chi connectivity index (χ1v) is 42.5. The van der Waals surface area contributed by atoms with Crippen LogP contribution in [0.3, 0.4) is 0 Å². The molecule has 31 heteroatoms. The Morgan fingerprint density at radius 3 is 1.81 bits per heavy atom. The third kappa shape index (κ3) is 33.0. The highest BCUT2D eigenvalue weighted by Crippen LogP contribution is 2.31. The number of ether oxygens (including phenoxy) is 1. The van der Waals surface area contributed by atoms with Gasteiger partial charge in [-0.25, -0.2) is 4.79 Å². The Hall–Kier alpha value is -10.4. The molecule has 0 radical (unpaired) electrons. The molecule has 1 aromatic heterocycles. The number of methoxy groups -OCH3 is 1. The molecule has 0 spiro atoms. The number of esters is 1. The number of likely N-dealkylation sites (tertiary alicyclic amines) is 1. The van der Waals surface area contributed by atoms with Gasteiger partial charge in [0.15, 0.2) is 0 Å². The summed E-state index contributed by atoms with van der Waals surface area (Å²) in [6.07, 6.45) is 12.9. The number of amides is 11. The van der Waals surface area contributed by atoms with Gasteiger partial charge in [0.1, 0.15) is 66.2 Å². The fourth-order valence-corrected chi connectivity index (χ4v) is 14.6. The molecule has 1 aliphatic heterocycles. The lowest BCUT2D eigenvalue weighted by Crippen LogP contribution is -2.61. The Labute approximate surface area is 704 Å². The van der Waals surface area contributed by atoms with Crippen LogP contribution in [0.15, 0.2) is 120 Å². The van der Waals surface area contributed by atoms with Crippen molar-refractivity contribution >= 4 is 99.6 Å². The smallest absolute Gasteiger partial charge is 0.329 e. The van der Waals surface area contributed by atoms with Crippen molar-refractivity contribution in [2.45, 2.75) is 253 Å². The van der Waals surface area contributed by atoms with E-state index < -0.39 is 174 Å². The molecule has 30 nitrogen and oxygen atoms in total. The summed E-state index contributed by atoms with van der Waals surface area (Å²) in [5.74, 6) is -11.8. The van der Waals surface area contributed by atoms with Gasteiger partial charge in [-0.15, -0.1) is 0 Å². The molecular weight excluding hydrogens is 1540 g/mol. The van der Waals surface area contributed by atoms with Gasteiger partial charge >= 0.3 is 11.9 Å². The molecule has 1 aliphatic rings. The van der Waals surface area contributed by atoms with Crippen LogP contribution in [-0.2, 0) is 86.3 Å². The predicted octanol–water partition coefficient (Wildman–Crippen LogP) is 6.42. The van der Waals surface area contributed by atoms with Crippen LogP contribution in [0, 0.1) is 23.2 Å². The second-order valence-electron chi connectivity index (χ2n) is 32.5. The molecule has 1 saturated heterocycles. The number of nitrogens with two attached hydrogens (primary N) is 2. The first-order chi connectivity index (χ1) is 56.4. The van der Waals surface area contributed by atoms with E-state index in [-0.39, 0.29) is 68.5 Å². The number of nitrogens with one attached hydrogen (secondary N) is 11. The fourth-order valence-electron chi connectivity index (χ4n) is 13.7. The highest BCUT2D eigenvalue weighted by molar-refractivity contribution is 7.99. The molecule has 3 aromatic carbocycles. The number of carboxylic acid groups (broad SMARTS) is 1. The Bertz CT molecular complexity index is 4160. The van der Waals surface area contributed by atoms with Crippen molar-refractivity contribution < 1.29 is 77.3 Å². The van der Waals surface area contributed by atoms with Crippen molar-refractivity contribution in [3.8, 4) is 5.75 Å². The zero-order valence-electron chi connectivity index (χ0n) is 71.7. The summed E-state index contributed by atoms with van der Waals surface area (Å²) in [6, 6.07) is 7.42. The van der Waals surface area contributed by atoms with Gasteiger partial charge in [-0.2, -0.15) is 11.8 Å². The van der Waals surface area contributed by atoms with Crippen molar-refractivity contribution in [2.75, 3.05) is 38.2 Å². The molecular formula is C88H130N14O16S. The van der Waals surface area contributed by atoms with E-state index >= 15 is 9.59 Å². The number of hydrogen-bond acceptors (Lipinski definition) is 18. The van der Waals surface area contributed by atoms with E-state index in [0.717, 1.165) is 30.6 Å². The Kier molecular flexibility index (Phi) is 41.6. The molecule has 2 heterocycles.